The van der Waals surface area contributed by atoms with E-state index in [1.807, 2.05) is 54.5 Å². The molecule has 1 aromatic carbocycles. The smallest absolute Gasteiger partial charge is 0.272 e. The Morgan fingerprint density at radius 2 is 1.89 bits per heavy atom. The largest absolute Gasteiger partial charge is 0.372 e. The molecule has 0 aliphatic carbocycles. The zero-order chi connectivity index (χ0) is 19.0. The maximum Gasteiger partial charge on any atom is 0.272 e. The lowest BCUT2D eigenvalue weighted by atomic mass is 10.2. The molecule has 1 fully saturated rings. The summed E-state index contributed by atoms with van der Waals surface area (Å²) in [4.78, 5) is 16.2. The van der Waals surface area contributed by atoms with Crippen LogP contribution < -0.4 is 0 Å². The maximum atomic E-state index is 13.3. The molecule has 1 amide bonds. The molecule has 5 nitrogen and oxygen atoms in total. The molecule has 0 N–H and O–H groups in total. The van der Waals surface area contributed by atoms with Gasteiger partial charge in [-0.25, -0.2) is 4.68 Å². The standard InChI is InChI=1S/C20H20ClN3O2S/c1-13-11-23(12-14(2)26-13)20(25)18-10-17(19-4-3-9-27-19)22-24(18)16-7-5-15(21)6-8-16/h3-10,13-14H,11-12H2,1-2H3/t13-,14-/m1/s1. The van der Waals surface area contributed by atoms with Crippen molar-refractivity contribution in [3.63, 3.8) is 0 Å². The lowest BCUT2D eigenvalue weighted by Gasteiger charge is -2.35. The summed E-state index contributed by atoms with van der Waals surface area (Å²) in [5.41, 5.74) is 2.14. The molecule has 0 unspecified atom stereocenters. The Morgan fingerprint density at radius 1 is 1.19 bits per heavy atom. The first-order chi connectivity index (χ1) is 13.0. The fraction of sp³-hybridized carbons (Fsp3) is 0.300. The quantitative estimate of drug-likeness (QED) is 0.649. The number of carbonyl (C=O) groups is 1. The van der Waals surface area contributed by atoms with Crippen molar-refractivity contribution in [2.75, 3.05) is 13.1 Å². The first-order valence-electron chi connectivity index (χ1n) is 8.86. The third-order valence-corrected chi connectivity index (χ3v) is 5.62. The Labute approximate surface area is 167 Å². The fourth-order valence-electron chi connectivity index (χ4n) is 3.36. The van der Waals surface area contributed by atoms with Crippen LogP contribution in [0.3, 0.4) is 0 Å². The number of amides is 1. The summed E-state index contributed by atoms with van der Waals surface area (Å²) in [5.74, 6) is -0.0396. The number of ether oxygens (including phenoxy) is 1. The zero-order valence-corrected chi connectivity index (χ0v) is 16.7. The second-order valence-electron chi connectivity index (χ2n) is 6.75. The fourth-order valence-corrected chi connectivity index (χ4v) is 4.17. The van der Waals surface area contributed by atoms with Crippen LogP contribution in [0.2, 0.25) is 5.02 Å². The Kier molecular flexibility index (Phi) is 5.04. The molecule has 2 aromatic heterocycles. The average molecular weight is 402 g/mol. The Balaban J connectivity index is 1.76. The third-order valence-electron chi connectivity index (χ3n) is 4.48. The Bertz CT molecular complexity index is 927. The van der Waals surface area contributed by atoms with E-state index in [0.29, 0.717) is 23.8 Å². The van der Waals surface area contributed by atoms with E-state index in [2.05, 4.69) is 0 Å². The van der Waals surface area contributed by atoms with Crippen molar-refractivity contribution in [2.45, 2.75) is 26.1 Å². The van der Waals surface area contributed by atoms with Crippen LogP contribution in [-0.2, 0) is 4.74 Å². The summed E-state index contributed by atoms with van der Waals surface area (Å²) in [6, 6.07) is 13.2. The van der Waals surface area contributed by atoms with Crippen LogP contribution in [0, 0.1) is 0 Å². The van der Waals surface area contributed by atoms with Crippen LogP contribution >= 0.6 is 22.9 Å². The van der Waals surface area contributed by atoms with Crippen LogP contribution in [0.1, 0.15) is 24.3 Å². The van der Waals surface area contributed by atoms with Gasteiger partial charge in [-0.15, -0.1) is 11.3 Å². The maximum absolute atomic E-state index is 13.3. The molecule has 2 atom stereocenters. The van der Waals surface area contributed by atoms with Gasteiger partial charge in [-0.1, -0.05) is 17.7 Å². The van der Waals surface area contributed by atoms with Crippen LogP contribution in [0.5, 0.6) is 0 Å². The monoisotopic (exact) mass is 401 g/mol. The SMILES string of the molecule is C[C@@H]1CN(C(=O)c2cc(-c3cccs3)nn2-c2ccc(Cl)cc2)C[C@@H](C)O1. The number of thiophene rings is 1. The van der Waals surface area contributed by atoms with Gasteiger partial charge >= 0.3 is 0 Å². The molecule has 4 rings (SSSR count). The molecule has 1 saturated heterocycles. The highest BCUT2D eigenvalue weighted by Crippen LogP contribution is 2.27. The normalized spacial score (nSPS) is 20.0. The van der Waals surface area contributed by atoms with E-state index in [4.69, 9.17) is 21.4 Å². The van der Waals surface area contributed by atoms with Gasteiger partial charge in [0.15, 0.2) is 0 Å². The molecule has 3 heterocycles. The van der Waals surface area contributed by atoms with E-state index in [-0.39, 0.29) is 18.1 Å². The van der Waals surface area contributed by atoms with E-state index < -0.39 is 0 Å². The minimum Gasteiger partial charge on any atom is -0.372 e. The third kappa shape index (κ3) is 3.78. The molecule has 0 bridgehead atoms. The minimum atomic E-state index is -0.0396. The zero-order valence-electron chi connectivity index (χ0n) is 15.1. The minimum absolute atomic E-state index is 0.0152. The number of benzene rings is 1. The van der Waals surface area contributed by atoms with E-state index in [1.165, 1.54) is 0 Å². The highest BCUT2D eigenvalue weighted by Gasteiger charge is 2.29. The molecular formula is C20H20ClN3O2S. The first kappa shape index (κ1) is 18.2. The summed E-state index contributed by atoms with van der Waals surface area (Å²) in [6.07, 6.45) is 0.0303. The summed E-state index contributed by atoms with van der Waals surface area (Å²) < 4.78 is 7.47. The van der Waals surface area contributed by atoms with E-state index in [1.54, 1.807) is 28.2 Å². The number of carbonyl (C=O) groups excluding carboxylic acids is 1. The topological polar surface area (TPSA) is 47.4 Å². The number of aromatic nitrogens is 2. The number of hydrogen-bond acceptors (Lipinski definition) is 4. The van der Waals surface area contributed by atoms with Gasteiger partial charge in [0.25, 0.3) is 5.91 Å². The van der Waals surface area contributed by atoms with Gasteiger partial charge in [-0.2, -0.15) is 5.10 Å². The molecule has 140 valence electrons. The molecule has 27 heavy (non-hydrogen) atoms. The van der Waals surface area contributed by atoms with Gasteiger partial charge in [-0.05, 0) is 55.6 Å². The van der Waals surface area contributed by atoms with Crippen molar-refractivity contribution in [3.05, 3.63) is 58.6 Å². The lowest BCUT2D eigenvalue weighted by molar-refractivity contribution is -0.0588. The molecule has 0 saturated carbocycles. The van der Waals surface area contributed by atoms with Crippen LogP contribution in [0.15, 0.2) is 47.8 Å². The second kappa shape index (κ2) is 7.46. The van der Waals surface area contributed by atoms with Gasteiger partial charge < -0.3 is 9.64 Å². The highest BCUT2D eigenvalue weighted by atomic mass is 35.5. The van der Waals surface area contributed by atoms with Crippen molar-refractivity contribution in [3.8, 4) is 16.3 Å². The van der Waals surface area contributed by atoms with Gasteiger partial charge in [0.2, 0.25) is 0 Å². The van der Waals surface area contributed by atoms with Crippen molar-refractivity contribution in [2.24, 2.45) is 0 Å². The lowest BCUT2D eigenvalue weighted by Crippen LogP contribution is -2.48. The molecule has 0 radical (unpaired) electrons. The summed E-state index contributed by atoms with van der Waals surface area (Å²) in [7, 11) is 0. The number of rotatable bonds is 3. The van der Waals surface area contributed by atoms with Crippen molar-refractivity contribution < 1.29 is 9.53 Å². The summed E-state index contributed by atoms with van der Waals surface area (Å²) in [5, 5.41) is 7.36. The van der Waals surface area contributed by atoms with E-state index >= 15 is 0 Å². The highest BCUT2D eigenvalue weighted by molar-refractivity contribution is 7.13. The van der Waals surface area contributed by atoms with Crippen LogP contribution in [0.4, 0.5) is 0 Å². The summed E-state index contributed by atoms with van der Waals surface area (Å²) >= 11 is 7.63. The van der Waals surface area contributed by atoms with Gasteiger partial charge in [0, 0.05) is 18.1 Å². The van der Waals surface area contributed by atoms with Crippen molar-refractivity contribution in [1.82, 2.24) is 14.7 Å². The Morgan fingerprint density at radius 3 is 2.52 bits per heavy atom. The van der Waals surface area contributed by atoms with Crippen molar-refractivity contribution >= 4 is 28.8 Å². The number of morpholine rings is 1. The molecule has 7 heteroatoms. The predicted molar refractivity (Wildman–Crippen MR) is 108 cm³/mol. The number of nitrogens with zero attached hydrogens (tertiary/aromatic N) is 3. The van der Waals surface area contributed by atoms with Crippen LogP contribution in [-0.4, -0.2) is 45.9 Å². The van der Waals surface area contributed by atoms with Crippen LogP contribution in [0.25, 0.3) is 16.3 Å². The predicted octanol–water partition coefficient (Wildman–Crippen LogP) is 4.50. The van der Waals surface area contributed by atoms with Crippen molar-refractivity contribution in [1.29, 1.82) is 0 Å². The van der Waals surface area contributed by atoms with Gasteiger partial charge in [-0.3, -0.25) is 4.79 Å². The second-order valence-corrected chi connectivity index (χ2v) is 8.13. The molecule has 1 aliphatic heterocycles. The number of hydrogen-bond donors (Lipinski definition) is 0. The average Bonchev–Trinajstić information content (AvgIpc) is 3.30. The Hall–Kier alpha value is -2.15. The molecule has 0 spiro atoms. The molecular weight excluding hydrogens is 382 g/mol. The first-order valence-corrected chi connectivity index (χ1v) is 10.1. The molecule has 3 aromatic rings. The number of halogens is 1. The molecule has 1 aliphatic rings. The van der Waals surface area contributed by atoms with E-state index in [9.17, 15) is 4.79 Å². The summed E-state index contributed by atoms with van der Waals surface area (Å²) in [6.45, 7) is 5.12. The van der Waals surface area contributed by atoms with Gasteiger partial charge in [0.1, 0.15) is 11.4 Å². The van der Waals surface area contributed by atoms with E-state index in [0.717, 1.165) is 16.3 Å². The van der Waals surface area contributed by atoms with Gasteiger partial charge in [0.05, 0.1) is 22.8 Å².